The van der Waals surface area contributed by atoms with Crippen LogP contribution < -0.4 is 5.73 Å². The summed E-state index contributed by atoms with van der Waals surface area (Å²) < 4.78 is 6.43. The van der Waals surface area contributed by atoms with Crippen LogP contribution in [0.25, 0.3) is 0 Å². The minimum atomic E-state index is 0.0954. The fourth-order valence-corrected chi connectivity index (χ4v) is 4.39. The van der Waals surface area contributed by atoms with Crippen molar-refractivity contribution in [3.63, 3.8) is 0 Å². The van der Waals surface area contributed by atoms with E-state index in [2.05, 4.69) is 53.0 Å². The molecule has 0 saturated carbocycles. The molecular formula is C15H27BrN2OS. The van der Waals surface area contributed by atoms with Crippen molar-refractivity contribution in [2.45, 2.75) is 51.7 Å². The third kappa shape index (κ3) is 4.81. The zero-order valence-corrected chi connectivity index (χ0v) is 15.3. The van der Waals surface area contributed by atoms with Gasteiger partial charge in [0.2, 0.25) is 0 Å². The maximum atomic E-state index is 6.31. The lowest BCUT2D eigenvalue weighted by Gasteiger charge is -2.39. The highest BCUT2D eigenvalue weighted by atomic mass is 79.9. The summed E-state index contributed by atoms with van der Waals surface area (Å²) >= 11 is 5.33. The van der Waals surface area contributed by atoms with Crippen LogP contribution in [0.2, 0.25) is 0 Å². The van der Waals surface area contributed by atoms with Gasteiger partial charge in [-0.1, -0.05) is 13.8 Å². The molecule has 0 aliphatic heterocycles. The average molecular weight is 363 g/mol. The summed E-state index contributed by atoms with van der Waals surface area (Å²) in [7, 11) is 1.76. The molecule has 2 atom stereocenters. The number of nitrogens with zero attached hydrogens (tertiary/aromatic N) is 1. The van der Waals surface area contributed by atoms with Gasteiger partial charge in [-0.15, -0.1) is 11.3 Å². The van der Waals surface area contributed by atoms with Crippen molar-refractivity contribution in [3.05, 3.63) is 20.8 Å². The standard InChI is InChI=1S/C15H27BrN2OS/c1-5-13(6-2)18(7-8-19-4)15(11(3)17)14-9-12(16)10-20-14/h9-11,13,15H,5-8,17H2,1-4H3. The van der Waals surface area contributed by atoms with E-state index in [1.54, 1.807) is 18.4 Å². The molecule has 20 heavy (non-hydrogen) atoms. The Balaban J connectivity index is 3.03. The van der Waals surface area contributed by atoms with E-state index < -0.39 is 0 Å². The highest BCUT2D eigenvalue weighted by molar-refractivity contribution is 9.10. The van der Waals surface area contributed by atoms with Crippen LogP contribution in [0, 0.1) is 0 Å². The first-order valence-electron chi connectivity index (χ1n) is 7.29. The summed E-state index contributed by atoms with van der Waals surface area (Å²) in [6.07, 6.45) is 2.27. The molecule has 0 saturated heterocycles. The second-order valence-corrected chi connectivity index (χ2v) is 7.03. The van der Waals surface area contributed by atoms with Crippen molar-refractivity contribution in [2.24, 2.45) is 5.73 Å². The maximum absolute atomic E-state index is 6.31. The van der Waals surface area contributed by atoms with Gasteiger partial charge >= 0.3 is 0 Å². The minimum absolute atomic E-state index is 0.0954. The van der Waals surface area contributed by atoms with Crippen LogP contribution in [0.5, 0.6) is 0 Å². The summed E-state index contributed by atoms with van der Waals surface area (Å²) in [5.41, 5.74) is 6.31. The summed E-state index contributed by atoms with van der Waals surface area (Å²) in [5.74, 6) is 0. The van der Waals surface area contributed by atoms with E-state index >= 15 is 0 Å². The molecule has 2 unspecified atom stereocenters. The van der Waals surface area contributed by atoms with Crippen LogP contribution in [0.1, 0.15) is 44.5 Å². The third-order valence-corrected chi connectivity index (χ3v) is 5.46. The van der Waals surface area contributed by atoms with E-state index in [4.69, 9.17) is 10.5 Å². The van der Waals surface area contributed by atoms with E-state index in [0.717, 1.165) is 30.5 Å². The lowest BCUT2D eigenvalue weighted by Crippen LogP contribution is -2.46. The Morgan fingerprint density at radius 1 is 1.40 bits per heavy atom. The number of nitrogens with two attached hydrogens (primary N) is 1. The fourth-order valence-electron chi connectivity index (χ4n) is 2.71. The van der Waals surface area contributed by atoms with Gasteiger partial charge in [-0.3, -0.25) is 4.90 Å². The molecule has 1 aromatic rings. The van der Waals surface area contributed by atoms with Crippen molar-refractivity contribution >= 4 is 27.3 Å². The first-order chi connectivity index (χ1) is 9.54. The summed E-state index contributed by atoms with van der Waals surface area (Å²) in [5, 5.41) is 2.13. The molecule has 0 spiro atoms. The Labute approximate surface area is 135 Å². The Kier molecular flexibility index (Phi) is 8.29. The van der Waals surface area contributed by atoms with Gasteiger partial charge in [-0.2, -0.15) is 0 Å². The zero-order valence-electron chi connectivity index (χ0n) is 12.9. The average Bonchev–Trinajstić information content (AvgIpc) is 2.82. The number of hydrogen-bond donors (Lipinski definition) is 1. The summed E-state index contributed by atoms with van der Waals surface area (Å²) in [6, 6.07) is 3.09. The molecule has 0 amide bonds. The molecule has 0 bridgehead atoms. The molecule has 0 aromatic carbocycles. The van der Waals surface area contributed by atoms with E-state index in [1.807, 2.05) is 0 Å². The van der Waals surface area contributed by atoms with Crippen LogP contribution >= 0.6 is 27.3 Å². The maximum Gasteiger partial charge on any atom is 0.0594 e. The smallest absolute Gasteiger partial charge is 0.0594 e. The quantitative estimate of drug-likeness (QED) is 0.720. The van der Waals surface area contributed by atoms with E-state index in [9.17, 15) is 0 Å². The lowest BCUT2D eigenvalue weighted by molar-refractivity contribution is 0.0716. The van der Waals surface area contributed by atoms with Crippen molar-refractivity contribution in [1.29, 1.82) is 0 Å². The van der Waals surface area contributed by atoms with Gasteiger partial charge in [0.15, 0.2) is 0 Å². The Bertz CT molecular complexity index is 380. The third-order valence-electron chi connectivity index (χ3n) is 3.70. The first kappa shape index (κ1) is 18.1. The molecule has 5 heteroatoms. The van der Waals surface area contributed by atoms with Crippen molar-refractivity contribution < 1.29 is 4.74 Å². The van der Waals surface area contributed by atoms with Crippen molar-refractivity contribution in [2.75, 3.05) is 20.3 Å². The Morgan fingerprint density at radius 3 is 2.45 bits per heavy atom. The number of ether oxygens (including phenoxy) is 1. The predicted octanol–water partition coefficient (Wildman–Crippen LogP) is 4.04. The van der Waals surface area contributed by atoms with E-state index in [0.29, 0.717) is 6.04 Å². The Hall–Kier alpha value is 0.0600. The van der Waals surface area contributed by atoms with Crippen LogP contribution in [0.3, 0.4) is 0 Å². The number of thiophene rings is 1. The SMILES string of the molecule is CCC(CC)N(CCOC)C(c1cc(Br)cs1)C(C)N. The molecule has 1 rings (SSSR count). The molecule has 116 valence electrons. The molecule has 3 nitrogen and oxygen atoms in total. The van der Waals surface area contributed by atoms with Crippen molar-refractivity contribution in [1.82, 2.24) is 4.90 Å². The Morgan fingerprint density at radius 2 is 2.05 bits per heavy atom. The molecule has 0 aliphatic rings. The van der Waals surface area contributed by atoms with E-state index in [-0.39, 0.29) is 12.1 Å². The van der Waals surface area contributed by atoms with Crippen LogP contribution in [-0.4, -0.2) is 37.2 Å². The number of hydrogen-bond acceptors (Lipinski definition) is 4. The topological polar surface area (TPSA) is 38.5 Å². The van der Waals surface area contributed by atoms with Gasteiger partial charge in [-0.25, -0.2) is 0 Å². The molecule has 0 radical (unpaired) electrons. The van der Waals surface area contributed by atoms with Gasteiger partial charge in [0.1, 0.15) is 0 Å². The van der Waals surface area contributed by atoms with Crippen LogP contribution in [-0.2, 0) is 4.74 Å². The molecule has 2 N–H and O–H groups in total. The van der Waals surface area contributed by atoms with Gasteiger partial charge in [0.05, 0.1) is 12.6 Å². The van der Waals surface area contributed by atoms with E-state index in [1.165, 1.54) is 4.88 Å². The van der Waals surface area contributed by atoms with Gasteiger partial charge in [0.25, 0.3) is 0 Å². The second-order valence-electron chi connectivity index (χ2n) is 5.17. The lowest BCUT2D eigenvalue weighted by atomic mass is 10.0. The zero-order chi connectivity index (χ0) is 15.1. The largest absolute Gasteiger partial charge is 0.383 e. The highest BCUT2D eigenvalue weighted by Crippen LogP contribution is 2.33. The number of halogens is 1. The predicted molar refractivity (Wildman–Crippen MR) is 91.4 cm³/mol. The van der Waals surface area contributed by atoms with Gasteiger partial charge in [-0.05, 0) is 41.8 Å². The minimum Gasteiger partial charge on any atom is -0.383 e. The molecule has 1 aromatic heterocycles. The molecule has 0 fully saturated rings. The monoisotopic (exact) mass is 362 g/mol. The first-order valence-corrected chi connectivity index (χ1v) is 8.96. The van der Waals surface area contributed by atoms with Gasteiger partial charge < -0.3 is 10.5 Å². The molecule has 1 heterocycles. The number of rotatable bonds is 9. The van der Waals surface area contributed by atoms with Crippen molar-refractivity contribution in [3.8, 4) is 0 Å². The molecule has 0 aliphatic carbocycles. The van der Waals surface area contributed by atoms with Gasteiger partial charge in [0, 0.05) is 40.5 Å². The van der Waals surface area contributed by atoms with Crippen LogP contribution in [0.4, 0.5) is 0 Å². The summed E-state index contributed by atoms with van der Waals surface area (Å²) in [6.45, 7) is 8.25. The second kappa shape index (κ2) is 9.15. The molecular weight excluding hydrogens is 336 g/mol. The fraction of sp³-hybridized carbons (Fsp3) is 0.733. The number of methoxy groups -OCH3 is 1. The summed E-state index contributed by atoms with van der Waals surface area (Å²) in [4.78, 5) is 3.85. The normalized spacial score (nSPS) is 15.0. The highest BCUT2D eigenvalue weighted by Gasteiger charge is 2.29. The van der Waals surface area contributed by atoms with Crippen LogP contribution in [0.15, 0.2) is 15.9 Å².